The summed E-state index contributed by atoms with van der Waals surface area (Å²) >= 11 is 11.7. The molecule has 0 bridgehead atoms. The molecule has 6 heteroatoms. The number of hydrogen-bond acceptors (Lipinski definition) is 2. The predicted octanol–water partition coefficient (Wildman–Crippen LogP) is 2.36. The Bertz CT molecular complexity index is 558. The fraction of sp³-hybridized carbons (Fsp3) is 0.286. The van der Waals surface area contributed by atoms with E-state index in [1.54, 1.807) is 24.3 Å². The van der Waals surface area contributed by atoms with Gasteiger partial charge in [0.25, 0.3) is 0 Å². The molecule has 0 spiro atoms. The number of carbonyl (C=O) groups excluding carboxylic acids is 2. The summed E-state index contributed by atoms with van der Waals surface area (Å²) in [5.74, 6) is -0.313. The van der Waals surface area contributed by atoms with Crippen LogP contribution in [-0.4, -0.2) is 36.3 Å². The van der Waals surface area contributed by atoms with E-state index >= 15 is 0 Å². The highest BCUT2D eigenvalue weighted by Crippen LogP contribution is 2.23. The highest BCUT2D eigenvalue weighted by molar-refractivity contribution is 6.42. The first-order valence-electron chi connectivity index (χ1n) is 6.25. The van der Waals surface area contributed by atoms with E-state index in [0.717, 1.165) is 12.0 Å². The summed E-state index contributed by atoms with van der Waals surface area (Å²) in [6.07, 6.45) is 3.86. The van der Waals surface area contributed by atoms with E-state index in [1.165, 1.54) is 11.0 Å². The minimum atomic E-state index is -0.187. The largest absolute Gasteiger partial charge is 0.354 e. The second kappa shape index (κ2) is 6.77. The van der Waals surface area contributed by atoms with Crippen molar-refractivity contribution in [2.45, 2.75) is 6.42 Å². The lowest BCUT2D eigenvalue weighted by Gasteiger charge is -2.16. The molecule has 0 atom stereocenters. The van der Waals surface area contributed by atoms with Gasteiger partial charge in [-0.25, -0.2) is 0 Å². The van der Waals surface area contributed by atoms with Gasteiger partial charge in [0, 0.05) is 19.2 Å². The normalized spacial score (nSPS) is 16.1. The van der Waals surface area contributed by atoms with Crippen molar-refractivity contribution in [3.8, 4) is 0 Å². The van der Waals surface area contributed by atoms with E-state index < -0.39 is 0 Å². The Kier molecular flexibility index (Phi) is 5.04. The fourth-order valence-electron chi connectivity index (χ4n) is 1.88. The summed E-state index contributed by atoms with van der Waals surface area (Å²) in [7, 11) is 0. The first kappa shape index (κ1) is 14.9. The Morgan fingerprint density at radius 1 is 1.30 bits per heavy atom. The number of carbonyl (C=O) groups is 2. The molecule has 1 fully saturated rings. The SMILES string of the molecule is O=C1CN(C(=O)C=Cc2ccc(Cl)c(Cl)c2)CCCN1. The van der Waals surface area contributed by atoms with Crippen LogP contribution in [0.4, 0.5) is 0 Å². The highest BCUT2D eigenvalue weighted by Gasteiger charge is 2.17. The standard InChI is InChI=1S/C14H14Cl2N2O2/c15-11-4-2-10(8-12(11)16)3-5-14(20)18-7-1-6-17-13(19)9-18/h2-5,8H,1,6-7,9H2,(H,17,19). The smallest absolute Gasteiger partial charge is 0.247 e. The summed E-state index contributed by atoms with van der Waals surface area (Å²) in [4.78, 5) is 24.9. The molecule has 0 radical (unpaired) electrons. The van der Waals surface area contributed by atoms with Crippen molar-refractivity contribution in [3.05, 3.63) is 39.9 Å². The van der Waals surface area contributed by atoms with E-state index in [4.69, 9.17) is 23.2 Å². The van der Waals surface area contributed by atoms with Crippen LogP contribution in [0.5, 0.6) is 0 Å². The van der Waals surface area contributed by atoms with Gasteiger partial charge in [-0.05, 0) is 30.2 Å². The van der Waals surface area contributed by atoms with Gasteiger partial charge >= 0.3 is 0 Å². The highest BCUT2D eigenvalue weighted by atomic mass is 35.5. The quantitative estimate of drug-likeness (QED) is 0.852. The lowest BCUT2D eigenvalue weighted by molar-refractivity contribution is -0.131. The Morgan fingerprint density at radius 2 is 2.10 bits per heavy atom. The molecule has 0 unspecified atom stereocenters. The van der Waals surface area contributed by atoms with E-state index in [1.807, 2.05) is 0 Å². The topological polar surface area (TPSA) is 49.4 Å². The maximum atomic E-state index is 12.0. The number of rotatable bonds is 2. The number of amides is 2. The third-order valence-electron chi connectivity index (χ3n) is 2.94. The molecular formula is C14H14Cl2N2O2. The van der Waals surface area contributed by atoms with Crippen LogP contribution in [-0.2, 0) is 9.59 Å². The number of nitrogens with one attached hydrogen (secondary N) is 1. The number of nitrogens with zero attached hydrogens (tertiary/aromatic N) is 1. The van der Waals surface area contributed by atoms with Crippen molar-refractivity contribution in [2.24, 2.45) is 0 Å². The van der Waals surface area contributed by atoms with E-state index in [-0.39, 0.29) is 18.4 Å². The first-order valence-corrected chi connectivity index (χ1v) is 7.00. The first-order chi connectivity index (χ1) is 9.56. The van der Waals surface area contributed by atoms with Crippen LogP contribution >= 0.6 is 23.2 Å². The van der Waals surface area contributed by atoms with Gasteiger partial charge in [0.1, 0.15) is 0 Å². The summed E-state index contributed by atoms with van der Waals surface area (Å²) in [6.45, 7) is 1.28. The molecule has 1 aliphatic heterocycles. The van der Waals surface area contributed by atoms with Gasteiger partial charge in [0.05, 0.1) is 16.6 Å². The van der Waals surface area contributed by atoms with Crippen molar-refractivity contribution in [1.82, 2.24) is 10.2 Å². The van der Waals surface area contributed by atoms with Gasteiger partial charge in [-0.1, -0.05) is 29.3 Å². The lowest BCUT2D eigenvalue weighted by atomic mass is 10.2. The molecule has 4 nitrogen and oxygen atoms in total. The number of benzene rings is 1. The van der Waals surface area contributed by atoms with Gasteiger partial charge in [0.15, 0.2) is 0 Å². The van der Waals surface area contributed by atoms with Crippen molar-refractivity contribution >= 4 is 41.1 Å². The number of halogens is 2. The Balaban J connectivity index is 2.04. The van der Waals surface area contributed by atoms with Crippen LogP contribution in [0.15, 0.2) is 24.3 Å². The molecule has 1 aromatic rings. The number of hydrogen-bond donors (Lipinski definition) is 1. The van der Waals surface area contributed by atoms with Gasteiger partial charge in [-0.15, -0.1) is 0 Å². The van der Waals surface area contributed by atoms with Crippen LogP contribution in [0.2, 0.25) is 10.0 Å². The Morgan fingerprint density at radius 3 is 2.85 bits per heavy atom. The van der Waals surface area contributed by atoms with Crippen LogP contribution in [0.1, 0.15) is 12.0 Å². The van der Waals surface area contributed by atoms with Gasteiger partial charge in [-0.2, -0.15) is 0 Å². The third kappa shape index (κ3) is 3.99. The minimum absolute atomic E-state index is 0.102. The van der Waals surface area contributed by atoms with Crippen molar-refractivity contribution in [2.75, 3.05) is 19.6 Å². The molecule has 0 saturated carbocycles. The summed E-state index contributed by atoms with van der Waals surface area (Å²) in [5.41, 5.74) is 0.784. The van der Waals surface area contributed by atoms with E-state index in [2.05, 4.69) is 5.32 Å². The second-order valence-electron chi connectivity index (χ2n) is 4.47. The molecular weight excluding hydrogens is 299 g/mol. The van der Waals surface area contributed by atoms with Crippen LogP contribution in [0, 0.1) is 0 Å². The van der Waals surface area contributed by atoms with Gasteiger partial charge in [0.2, 0.25) is 11.8 Å². The van der Waals surface area contributed by atoms with Crippen LogP contribution < -0.4 is 5.32 Å². The van der Waals surface area contributed by atoms with Gasteiger partial charge < -0.3 is 10.2 Å². The molecule has 2 rings (SSSR count). The monoisotopic (exact) mass is 312 g/mol. The molecule has 2 amide bonds. The van der Waals surface area contributed by atoms with E-state index in [0.29, 0.717) is 23.1 Å². The van der Waals surface area contributed by atoms with Crippen LogP contribution in [0.3, 0.4) is 0 Å². The lowest BCUT2D eigenvalue weighted by Crippen LogP contribution is -2.36. The molecule has 0 aliphatic carbocycles. The Labute approximate surface area is 127 Å². The zero-order chi connectivity index (χ0) is 14.5. The maximum absolute atomic E-state index is 12.0. The molecule has 106 valence electrons. The van der Waals surface area contributed by atoms with Crippen molar-refractivity contribution < 1.29 is 9.59 Å². The molecule has 1 aromatic carbocycles. The summed E-state index contributed by atoms with van der Waals surface area (Å²) in [5, 5.41) is 3.64. The van der Waals surface area contributed by atoms with Crippen LogP contribution in [0.25, 0.3) is 6.08 Å². The third-order valence-corrected chi connectivity index (χ3v) is 3.67. The molecule has 1 N–H and O–H groups in total. The minimum Gasteiger partial charge on any atom is -0.354 e. The molecule has 0 aromatic heterocycles. The average molecular weight is 313 g/mol. The zero-order valence-corrected chi connectivity index (χ0v) is 12.2. The zero-order valence-electron chi connectivity index (χ0n) is 10.7. The molecule has 20 heavy (non-hydrogen) atoms. The van der Waals surface area contributed by atoms with E-state index in [9.17, 15) is 9.59 Å². The molecule has 1 saturated heterocycles. The Hall–Kier alpha value is -1.52. The summed E-state index contributed by atoms with van der Waals surface area (Å²) < 4.78 is 0. The predicted molar refractivity (Wildman–Crippen MR) is 79.7 cm³/mol. The fourth-order valence-corrected chi connectivity index (χ4v) is 2.19. The molecule has 1 aliphatic rings. The van der Waals surface area contributed by atoms with Crippen molar-refractivity contribution in [3.63, 3.8) is 0 Å². The second-order valence-corrected chi connectivity index (χ2v) is 5.28. The van der Waals surface area contributed by atoms with Crippen molar-refractivity contribution in [1.29, 1.82) is 0 Å². The average Bonchev–Trinajstić information content (AvgIpc) is 2.64. The summed E-state index contributed by atoms with van der Waals surface area (Å²) in [6, 6.07) is 5.13. The molecule has 1 heterocycles. The van der Waals surface area contributed by atoms with Gasteiger partial charge in [-0.3, -0.25) is 9.59 Å². The maximum Gasteiger partial charge on any atom is 0.247 e.